The zero-order valence-electron chi connectivity index (χ0n) is 4.62. The van der Waals surface area contributed by atoms with Crippen LogP contribution in [-0.4, -0.2) is 19.9 Å². The van der Waals surface area contributed by atoms with Crippen LogP contribution in [0.4, 0.5) is 0 Å². The summed E-state index contributed by atoms with van der Waals surface area (Å²) >= 11 is 0. The Kier molecular flexibility index (Phi) is 1.54. The molecular weight excluding hydrogens is 144 g/mol. The van der Waals surface area contributed by atoms with Crippen molar-refractivity contribution in [3.63, 3.8) is 0 Å². The second kappa shape index (κ2) is 1.92. The van der Waals surface area contributed by atoms with E-state index in [1.807, 2.05) is 0 Å². The molecule has 1 fully saturated rings. The normalized spacial score (nSPS) is 21.1. The van der Waals surface area contributed by atoms with Gasteiger partial charge in [-0.05, 0) is 29.9 Å². The monoisotopic (exact) mass is 152 g/mol. The summed E-state index contributed by atoms with van der Waals surface area (Å²) in [6.07, 6.45) is 3.38. The summed E-state index contributed by atoms with van der Waals surface area (Å²) in [5, 5.41) is -0.00231. The van der Waals surface area contributed by atoms with Gasteiger partial charge in [0.05, 0.1) is 5.25 Å². The molecule has 0 heterocycles. The molecule has 48 valence electrons. The van der Waals surface area contributed by atoms with Gasteiger partial charge in [-0.3, -0.25) is 0 Å². The Hall–Kier alpha value is 0.300. The Labute approximate surface area is 53.0 Å². The van der Waals surface area contributed by atoms with Crippen molar-refractivity contribution in [2.75, 3.05) is 6.26 Å². The average molecular weight is 152 g/mol. The molecule has 0 radical (unpaired) electrons. The van der Waals surface area contributed by atoms with E-state index in [0.29, 0.717) is 0 Å². The van der Waals surface area contributed by atoms with Gasteiger partial charge in [-0.15, -0.1) is 0 Å². The van der Waals surface area contributed by atoms with Gasteiger partial charge in [0, 0.05) is 0 Å². The minimum absolute atomic E-state index is 0.00231. The second-order valence-electron chi connectivity index (χ2n) is 1.86. The molecule has 0 aromatic carbocycles. The van der Waals surface area contributed by atoms with Gasteiger partial charge in [-0.2, -0.15) is 0 Å². The van der Waals surface area contributed by atoms with Crippen molar-refractivity contribution in [3.8, 4) is 0 Å². The SMILES string of the molecule is CSS(=O)(=O)C1CC1. The third-order valence-electron chi connectivity index (χ3n) is 1.16. The Bertz CT molecular complexity index is 166. The molecule has 0 bridgehead atoms. The Morgan fingerprint density at radius 2 is 2.00 bits per heavy atom. The average Bonchev–Trinajstić information content (AvgIpc) is 2.44. The largest absolute Gasteiger partial charge is 0.217 e. The van der Waals surface area contributed by atoms with Crippen LogP contribution in [0.1, 0.15) is 12.8 Å². The maximum atomic E-state index is 10.7. The van der Waals surface area contributed by atoms with Crippen LogP contribution in [0.2, 0.25) is 0 Å². The molecule has 0 aromatic heterocycles. The minimum Gasteiger partial charge on any atom is -0.217 e. The first-order valence-corrected chi connectivity index (χ1v) is 5.75. The first kappa shape index (κ1) is 6.42. The van der Waals surface area contributed by atoms with Crippen molar-refractivity contribution in [1.29, 1.82) is 0 Å². The summed E-state index contributed by atoms with van der Waals surface area (Å²) in [6.45, 7) is 0. The van der Waals surface area contributed by atoms with Crippen molar-refractivity contribution in [2.24, 2.45) is 0 Å². The van der Waals surface area contributed by atoms with E-state index in [0.717, 1.165) is 23.6 Å². The summed E-state index contributed by atoms with van der Waals surface area (Å²) in [5.74, 6) is 0. The molecule has 1 rings (SSSR count). The lowest BCUT2D eigenvalue weighted by Gasteiger charge is -1.91. The van der Waals surface area contributed by atoms with Gasteiger partial charge in [0.2, 0.25) is 8.87 Å². The molecule has 4 heteroatoms. The molecule has 1 saturated carbocycles. The van der Waals surface area contributed by atoms with E-state index in [4.69, 9.17) is 0 Å². The van der Waals surface area contributed by atoms with E-state index in [1.165, 1.54) is 0 Å². The third kappa shape index (κ3) is 1.17. The van der Waals surface area contributed by atoms with E-state index in [2.05, 4.69) is 0 Å². The van der Waals surface area contributed by atoms with E-state index in [-0.39, 0.29) is 5.25 Å². The molecule has 0 saturated heterocycles. The zero-order valence-corrected chi connectivity index (χ0v) is 6.26. The highest BCUT2D eigenvalue weighted by Crippen LogP contribution is 2.33. The maximum absolute atomic E-state index is 10.7. The van der Waals surface area contributed by atoms with Crippen molar-refractivity contribution in [1.82, 2.24) is 0 Å². The molecule has 0 aromatic rings. The predicted octanol–water partition coefficient (Wildman–Crippen LogP) is 0.842. The number of hydrogen-bond acceptors (Lipinski definition) is 3. The summed E-state index contributed by atoms with van der Waals surface area (Å²) in [7, 11) is -1.74. The molecule has 0 amide bonds. The van der Waals surface area contributed by atoms with Crippen molar-refractivity contribution in [3.05, 3.63) is 0 Å². The van der Waals surface area contributed by atoms with Crippen LogP contribution >= 0.6 is 10.8 Å². The van der Waals surface area contributed by atoms with Crippen LogP contribution in [0.25, 0.3) is 0 Å². The van der Waals surface area contributed by atoms with E-state index < -0.39 is 8.87 Å². The Morgan fingerprint density at radius 3 is 2.12 bits per heavy atom. The molecule has 0 aliphatic heterocycles. The Morgan fingerprint density at radius 1 is 1.50 bits per heavy atom. The number of hydrogen-bond donors (Lipinski definition) is 0. The fraction of sp³-hybridized carbons (Fsp3) is 1.00. The first-order chi connectivity index (χ1) is 3.67. The molecule has 8 heavy (non-hydrogen) atoms. The summed E-state index contributed by atoms with van der Waals surface area (Å²) in [5.41, 5.74) is 0. The fourth-order valence-corrected chi connectivity index (χ4v) is 2.87. The van der Waals surface area contributed by atoms with Gasteiger partial charge in [0.1, 0.15) is 0 Å². The lowest BCUT2D eigenvalue weighted by atomic mass is 11.0. The molecule has 2 nitrogen and oxygen atoms in total. The van der Waals surface area contributed by atoms with Crippen molar-refractivity contribution >= 4 is 19.7 Å². The maximum Gasteiger partial charge on any atom is 0.204 e. The standard InChI is InChI=1S/C4H8O2S2/c1-7-8(5,6)4-2-3-4/h4H,2-3H2,1H3. The topological polar surface area (TPSA) is 34.1 Å². The summed E-state index contributed by atoms with van der Waals surface area (Å²) < 4.78 is 21.4. The summed E-state index contributed by atoms with van der Waals surface area (Å²) in [6, 6.07) is 0. The minimum atomic E-state index is -2.71. The van der Waals surface area contributed by atoms with Crippen LogP contribution in [0.3, 0.4) is 0 Å². The molecule has 0 N–H and O–H groups in total. The molecule has 0 spiro atoms. The van der Waals surface area contributed by atoms with Gasteiger partial charge >= 0.3 is 0 Å². The summed E-state index contributed by atoms with van der Waals surface area (Å²) in [4.78, 5) is 0. The first-order valence-electron chi connectivity index (χ1n) is 2.46. The van der Waals surface area contributed by atoms with Crippen LogP contribution in [0.5, 0.6) is 0 Å². The van der Waals surface area contributed by atoms with E-state index in [9.17, 15) is 8.42 Å². The van der Waals surface area contributed by atoms with Crippen molar-refractivity contribution < 1.29 is 8.42 Å². The quantitative estimate of drug-likeness (QED) is 0.550. The second-order valence-corrected chi connectivity index (χ2v) is 6.24. The van der Waals surface area contributed by atoms with Gasteiger partial charge < -0.3 is 0 Å². The number of rotatable bonds is 2. The molecule has 0 atom stereocenters. The highest BCUT2D eigenvalue weighted by molar-refractivity contribution is 8.72. The van der Waals surface area contributed by atoms with Crippen LogP contribution in [-0.2, 0) is 8.87 Å². The van der Waals surface area contributed by atoms with E-state index in [1.54, 1.807) is 6.26 Å². The lowest BCUT2D eigenvalue weighted by molar-refractivity contribution is 0.609. The highest BCUT2D eigenvalue weighted by atomic mass is 33.1. The van der Waals surface area contributed by atoms with Crippen LogP contribution < -0.4 is 0 Å². The van der Waals surface area contributed by atoms with Crippen LogP contribution in [0, 0.1) is 0 Å². The highest BCUT2D eigenvalue weighted by Gasteiger charge is 2.34. The molecule has 1 aliphatic carbocycles. The smallest absolute Gasteiger partial charge is 0.204 e. The molecule has 0 unspecified atom stereocenters. The van der Waals surface area contributed by atoms with Crippen LogP contribution in [0.15, 0.2) is 0 Å². The lowest BCUT2D eigenvalue weighted by Crippen LogP contribution is -1.98. The van der Waals surface area contributed by atoms with Crippen molar-refractivity contribution in [2.45, 2.75) is 18.1 Å². The van der Waals surface area contributed by atoms with Gasteiger partial charge in [-0.1, -0.05) is 0 Å². The van der Waals surface area contributed by atoms with Gasteiger partial charge in [0.25, 0.3) is 0 Å². The predicted molar refractivity (Wildman–Crippen MR) is 35.5 cm³/mol. The van der Waals surface area contributed by atoms with E-state index >= 15 is 0 Å². The van der Waals surface area contributed by atoms with Gasteiger partial charge in [-0.25, -0.2) is 8.42 Å². The Balaban J connectivity index is 2.65. The molecule has 1 aliphatic rings. The molecular formula is C4H8O2S2. The third-order valence-corrected chi connectivity index (χ3v) is 5.13. The zero-order chi connectivity index (χ0) is 6.20. The fourth-order valence-electron chi connectivity index (χ4n) is 0.493. The van der Waals surface area contributed by atoms with Gasteiger partial charge in [0.15, 0.2) is 0 Å².